The first kappa shape index (κ1) is 14.9. The molecule has 1 aromatic rings. The Bertz CT molecular complexity index is 490. The van der Waals surface area contributed by atoms with Crippen molar-refractivity contribution < 1.29 is 8.42 Å². The van der Waals surface area contributed by atoms with Gasteiger partial charge in [-0.2, -0.15) is 4.31 Å². The van der Waals surface area contributed by atoms with Gasteiger partial charge in [0, 0.05) is 22.0 Å². The van der Waals surface area contributed by atoms with E-state index in [0.29, 0.717) is 27.7 Å². The summed E-state index contributed by atoms with van der Waals surface area (Å²) < 4.78 is 27.0. The molecule has 17 heavy (non-hydrogen) atoms. The lowest BCUT2D eigenvalue weighted by atomic mass is 10.3. The van der Waals surface area contributed by atoms with Crippen LogP contribution >= 0.6 is 31.9 Å². The van der Waals surface area contributed by atoms with Gasteiger partial charge in [-0.15, -0.1) is 0 Å². The van der Waals surface area contributed by atoms with Crippen LogP contribution in [0.25, 0.3) is 0 Å². The van der Waals surface area contributed by atoms with Gasteiger partial charge < -0.3 is 5.73 Å². The molecule has 0 heterocycles. The minimum Gasteiger partial charge on any atom is -0.397 e. The number of rotatable bonds is 4. The van der Waals surface area contributed by atoms with Crippen molar-refractivity contribution in [1.82, 2.24) is 4.31 Å². The third-order valence-electron chi connectivity index (χ3n) is 2.40. The van der Waals surface area contributed by atoms with Crippen LogP contribution in [0.4, 0.5) is 5.69 Å². The zero-order valence-corrected chi connectivity index (χ0v) is 13.6. The summed E-state index contributed by atoms with van der Waals surface area (Å²) in [6.45, 7) is 4.50. The summed E-state index contributed by atoms with van der Waals surface area (Å²) in [5.41, 5.74) is 6.22. The molecule has 0 radical (unpaired) electrons. The van der Waals surface area contributed by atoms with Crippen LogP contribution in [0, 0.1) is 0 Å². The number of benzene rings is 1. The van der Waals surface area contributed by atoms with Crippen LogP contribution in [0.5, 0.6) is 0 Å². The van der Waals surface area contributed by atoms with Gasteiger partial charge in [-0.3, -0.25) is 0 Å². The number of hydrogen-bond donors (Lipinski definition) is 1. The Hall–Kier alpha value is -0.110. The van der Waals surface area contributed by atoms with E-state index < -0.39 is 10.0 Å². The van der Waals surface area contributed by atoms with Crippen LogP contribution in [0.3, 0.4) is 0 Å². The van der Waals surface area contributed by atoms with Gasteiger partial charge in [0.05, 0.1) is 10.6 Å². The molecule has 2 N–H and O–H groups in total. The molecule has 7 heteroatoms. The fourth-order valence-corrected chi connectivity index (χ4v) is 4.42. The van der Waals surface area contributed by atoms with E-state index in [1.807, 2.05) is 13.8 Å². The van der Waals surface area contributed by atoms with Gasteiger partial charge in [0.25, 0.3) is 0 Å². The molecule has 1 aromatic carbocycles. The molecule has 1 rings (SSSR count). The van der Waals surface area contributed by atoms with Crippen LogP contribution in [-0.2, 0) is 10.0 Å². The molecule has 0 spiro atoms. The summed E-state index contributed by atoms with van der Waals surface area (Å²) in [5, 5.41) is 0. The van der Waals surface area contributed by atoms with Crippen LogP contribution in [0.1, 0.15) is 13.8 Å². The fraction of sp³-hybridized carbons (Fsp3) is 0.400. The normalized spacial score (nSPS) is 12.1. The maximum Gasteiger partial charge on any atom is 0.243 e. The molecule has 0 atom stereocenters. The first-order valence-electron chi connectivity index (χ1n) is 5.09. The van der Waals surface area contributed by atoms with E-state index in [4.69, 9.17) is 5.73 Å². The van der Waals surface area contributed by atoms with Gasteiger partial charge in [0.15, 0.2) is 0 Å². The van der Waals surface area contributed by atoms with Gasteiger partial charge in [-0.25, -0.2) is 8.42 Å². The van der Waals surface area contributed by atoms with E-state index in [0.717, 1.165) is 0 Å². The number of hydrogen-bond acceptors (Lipinski definition) is 3. The predicted molar refractivity (Wildman–Crippen MR) is 76.4 cm³/mol. The Labute approximate surface area is 118 Å². The average molecular weight is 386 g/mol. The molecule has 0 saturated carbocycles. The summed E-state index contributed by atoms with van der Waals surface area (Å²) in [6, 6.07) is 3.04. The molecule has 0 aliphatic rings. The summed E-state index contributed by atoms with van der Waals surface area (Å²) in [5.74, 6) is 0. The first-order valence-corrected chi connectivity index (χ1v) is 8.11. The highest BCUT2D eigenvalue weighted by molar-refractivity contribution is 9.11. The highest BCUT2D eigenvalue weighted by Gasteiger charge is 2.23. The molecule has 4 nitrogen and oxygen atoms in total. The van der Waals surface area contributed by atoms with Crippen LogP contribution in [-0.4, -0.2) is 25.8 Å². The average Bonchev–Trinajstić information content (AvgIpc) is 2.26. The lowest BCUT2D eigenvalue weighted by Gasteiger charge is -2.19. The van der Waals surface area contributed by atoms with E-state index in [1.165, 1.54) is 16.4 Å². The number of anilines is 1. The van der Waals surface area contributed by atoms with Crippen molar-refractivity contribution in [3.05, 3.63) is 21.1 Å². The molecular weight excluding hydrogens is 372 g/mol. The van der Waals surface area contributed by atoms with Crippen LogP contribution < -0.4 is 5.73 Å². The number of sulfonamides is 1. The Morgan fingerprint density at radius 1 is 1.18 bits per heavy atom. The Morgan fingerprint density at radius 2 is 1.59 bits per heavy atom. The molecule has 0 unspecified atom stereocenters. The van der Waals surface area contributed by atoms with E-state index >= 15 is 0 Å². The van der Waals surface area contributed by atoms with E-state index in [2.05, 4.69) is 31.9 Å². The van der Waals surface area contributed by atoms with Crippen molar-refractivity contribution in [2.75, 3.05) is 18.8 Å². The molecular formula is C10H14Br2N2O2S. The summed E-state index contributed by atoms with van der Waals surface area (Å²) in [7, 11) is -3.45. The molecule has 0 amide bonds. The molecule has 0 aromatic heterocycles. The topological polar surface area (TPSA) is 63.4 Å². The zero-order valence-electron chi connectivity index (χ0n) is 9.57. The van der Waals surface area contributed by atoms with Crippen molar-refractivity contribution in [1.29, 1.82) is 0 Å². The monoisotopic (exact) mass is 384 g/mol. The lowest BCUT2D eigenvalue weighted by molar-refractivity contribution is 0.445. The smallest absolute Gasteiger partial charge is 0.243 e. The van der Waals surface area contributed by atoms with Gasteiger partial charge in [0.2, 0.25) is 10.0 Å². The molecule has 0 fully saturated rings. The molecule has 0 saturated heterocycles. The van der Waals surface area contributed by atoms with Gasteiger partial charge in [-0.1, -0.05) is 13.8 Å². The van der Waals surface area contributed by atoms with Gasteiger partial charge >= 0.3 is 0 Å². The second-order valence-corrected chi connectivity index (χ2v) is 7.04. The highest BCUT2D eigenvalue weighted by atomic mass is 79.9. The van der Waals surface area contributed by atoms with Crippen molar-refractivity contribution in [3.8, 4) is 0 Å². The Morgan fingerprint density at radius 3 is 1.94 bits per heavy atom. The number of nitrogen functional groups attached to an aromatic ring is 1. The van der Waals surface area contributed by atoms with Crippen LogP contribution in [0.15, 0.2) is 26.0 Å². The molecule has 0 aliphatic carbocycles. The maximum absolute atomic E-state index is 12.3. The van der Waals surface area contributed by atoms with Crippen molar-refractivity contribution in [2.45, 2.75) is 18.7 Å². The number of halogens is 2. The van der Waals surface area contributed by atoms with Gasteiger partial charge in [0.1, 0.15) is 0 Å². The van der Waals surface area contributed by atoms with Crippen LogP contribution in [0.2, 0.25) is 0 Å². The quantitative estimate of drug-likeness (QED) is 0.810. The molecule has 96 valence electrons. The SMILES string of the molecule is CCN(CC)S(=O)(=O)c1cc(Br)c(N)c(Br)c1. The largest absolute Gasteiger partial charge is 0.397 e. The summed E-state index contributed by atoms with van der Waals surface area (Å²) in [6.07, 6.45) is 0. The van der Waals surface area contributed by atoms with Crippen molar-refractivity contribution >= 4 is 47.6 Å². The highest BCUT2D eigenvalue weighted by Crippen LogP contribution is 2.32. The van der Waals surface area contributed by atoms with Crippen molar-refractivity contribution in [2.24, 2.45) is 0 Å². The Kier molecular flexibility index (Phi) is 5.00. The first-order chi connectivity index (χ1) is 7.84. The minimum atomic E-state index is -3.45. The van der Waals surface area contributed by atoms with Crippen molar-refractivity contribution in [3.63, 3.8) is 0 Å². The second-order valence-electron chi connectivity index (χ2n) is 3.39. The fourth-order valence-electron chi connectivity index (χ4n) is 1.42. The summed E-state index contributed by atoms with van der Waals surface area (Å²) >= 11 is 6.49. The molecule has 0 bridgehead atoms. The zero-order chi connectivity index (χ0) is 13.2. The Balaban J connectivity index is 3.34. The summed E-state index contributed by atoms with van der Waals surface area (Å²) in [4.78, 5) is 0.231. The lowest BCUT2D eigenvalue weighted by Crippen LogP contribution is -2.30. The maximum atomic E-state index is 12.3. The van der Waals surface area contributed by atoms with E-state index in [-0.39, 0.29) is 4.90 Å². The third kappa shape index (κ3) is 3.01. The van der Waals surface area contributed by atoms with E-state index in [1.54, 1.807) is 0 Å². The standard InChI is InChI=1S/C10H14Br2N2O2S/c1-3-14(4-2)17(15,16)7-5-8(11)10(13)9(12)6-7/h5-6H,3-4,13H2,1-2H3. The molecule has 0 aliphatic heterocycles. The number of nitrogens with two attached hydrogens (primary N) is 1. The second kappa shape index (κ2) is 5.69. The van der Waals surface area contributed by atoms with E-state index in [9.17, 15) is 8.42 Å². The predicted octanol–water partition coefficient (Wildman–Crippen LogP) is 2.82. The third-order valence-corrected chi connectivity index (χ3v) is 5.74. The van der Waals surface area contributed by atoms with Gasteiger partial charge in [-0.05, 0) is 44.0 Å². The minimum absolute atomic E-state index is 0.231. The number of nitrogens with zero attached hydrogens (tertiary/aromatic N) is 1.